The van der Waals surface area contributed by atoms with Crippen molar-refractivity contribution in [2.24, 2.45) is 0 Å². The van der Waals surface area contributed by atoms with Crippen LogP contribution < -0.4 is 15.4 Å². The van der Waals surface area contributed by atoms with Gasteiger partial charge in [-0.1, -0.05) is 11.6 Å². The summed E-state index contributed by atoms with van der Waals surface area (Å²) in [5.41, 5.74) is 1.07. The van der Waals surface area contributed by atoms with E-state index in [2.05, 4.69) is 10.6 Å². The molecule has 2 aromatic rings. The molecule has 2 N–H and O–H groups in total. The summed E-state index contributed by atoms with van der Waals surface area (Å²) in [7, 11) is 1.52. The topological polar surface area (TPSA) is 70.7 Å². The van der Waals surface area contributed by atoms with Gasteiger partial charge >= 0.3 is 6.03 Å². The summed E-state index contributed by atoms with van der Waals surface area (Å²) >= 11 is 7.39. The largest absolute Gasteiger partial charge is 0.495 e. The van der Waals surface area contributed by atoms with Crippen molar-refractivity contribution in [1.82, 2.24) is 4.90 Å². The van der Waals surface area contributed by atoms with Crippen LogP contribution in [-0.4, -0.2) is 30.5 Å². The van der Waals surface area contributed by atoms with Crippen molar-refractivity contribution in [2.75, 3.05) is 24.3 Å². The molecule has 0 radical (unpaired) electrons. The van der Waals surface area contributed by atoms with Gasteiger partial charge in [0, 0.05) is 24.0 Å². The smallest absolute Gasteiger partial charge is 0.322 e. The molecule has 0 spiro atoms. The third-order valence-corrected chi connectivity index (χ3v) is 4.62. The predicted octanol–water partition coefficient (Wildman–Crippen LogP) is 4.42. The molecule has 6 nitrogen and oxygen atoms in total. The van der Waals surface area contributed by atoms with E-state index >= 15 is 0 Å². The minimum absolute atomic E-state index is 0.188. The van der Waals surface area contributed by atoms with Crippen molar-refractivity contribution in [2.45, 2.75) is 20.4 Å². The van der Waals surface area contributed by atoms with E-state index in [1.807, 2.05) is 19.1 Å². The van der Waals surface area contributed by atoms with Crippen molar-refractivity contribution in [1.29, 1.82) is 0 Å². The van der Waals surface area contributed by atoms with E-state index in [-0.39, 0.29) is 11.9 Å². The summed E-state index contributed by atoms with van der Waals surface area (Å²) in [5.74, 6) is 0.324. The van der Waals surface area contributed by atoms with Crippen molar-refractivity contribution < 1.29 is 14.3 Å². The first kappa shape index (κ1) is 19.1. The highest BCUT2D eigenvalue weighted by molar-refractivity contribution is 7.16. The predicted molar refractivity (Wildman–Crippen MR) is 102 cm³/mol. The highest BCUT2D eigenvalue weighted by atomic mass is 35.5. The monoisotopic (exact) mass is 381 g/mol. The van der Waals surface area contributed by atoms with Crippen LogP contribution in [0.15, 0.2) is 30.3 Å². The zero-order valence-corrected chi connectivity index (χ0v) is 15.8. The van der Waals surface area contributed by atoms with Crippen LogP contribution in [0.3, 0.4) is 0 Å². The van der Waals surface area contributed by atoms with E-state index in [4.69, 9.17) is 16.3 Å². The van der Waals surface area contributed by atoms with Crippen molar-refractivity contribution in [3.8, 4) is 5.75 Å². The fraction of sp³-hybridized carbons (Fsp3) is 0.294. The molecule has 25 heavy (non-hydrogen) atoms. The lowest BCUT2D eigenvalue weighted by atomic mass is 10.2. The molecule has 0 bridgehead atoms. The summed E-state index contributed by atoms with van der Waals surface area (Å²) < 4.78 is 5.97. The Morgan fingerprint density at radius 2 is 2.00 bits per heavy atom. The summed E-state index contributed by atoms with van der Waals surface area (Å²) in [5, 5.41) is 5.52. The number of amides is 3. The first-order valence-electron chi connectivity index (χ1n) is 7.68. The van der Waals surface area contributed by atoms with Gasteiger partial charge in [-0.05, 0) is 37.3 Å². The Balaban J connectivity index is 2.14. The Morgan fingerprint density at radius 3 is 2.56 bits per heavy atom. The van der Waals surface area contributed by atoms with E-state index in [9.17, 15) is 9.59 Å². The second-order valence-corrected chi connectivity index (χ2v) is 7.05. The van der Waals surface area contributed by atoms with Crippen molar-refractivity contribution in [3.63, 3.8) is 0 Å². The number of thiophene rings is 1. The van der Waals surface area contributed by atoms with Crippen LogP contribution in [0.1, 0.15) is 18.7 Å². The van der Waals surface area contributed by atoms with Gasteiger partial charge < -0.3 is 20.3 Å². The maximum atomic E-state index is 12.6. The van der Waals surface area contributed by atoms with Crippen LogP contribution in [0.25, 0.3) is 0 Å². The second-order valence-electron chi connectivity index (χ2n) is 5.25. The third-order valence-electron chi connectivity index (χ3n) is 3.41. The first-order valence-corrected chi connectivity index (χ1v) is 8.88. The molecule has 134 valence electrons. The second kappa shape index (κ2) is 8.73. The van der Waals surface area contributed by atoms with Crippen LogP contribution in [0.4, 0.5) is 16.2 Å². The number of benzene rings is 1. The molecule has 8 heteroatoms. The number of nitrogens with one attached hydrogen (secondary N) is 2. The molecule has 0 aliphatic carbocycles. The fourth-order valence-corrected chi connectivity index (χ4v) is 3.34. The number of methoxy groups -OCH3 is 1. The molecule has 0 saturated heterocycles. The van der Waals surface area contributed by atoms with Crippen LogP contribution in [-0.2, 0) is 11.3 Å². The van der Waals surface area contributed by atoms with Gasteiger partial charge in [0.2, 0.25) is 5.91 Å². The number of nitrogens with zero attached hydrogens (tertiary/aromatic N) is 1. The van der Waals surface area contributed by atoms with Crippen molar-refractivity contribution >= 4 is 46.3 Å². The van der Waals surface area contributed by atoms with Gasteiger partial charge in [-0.25, -0.2) is 4.79 Å². The van der Waals surface area contributed by atoms with E-state index in [0.717, 1.165) is 4.88 Å². The molecule has 3 amide bonds. The molecule has 2 rings (SSSR count). The van der Waals surface area contributed by atoms with Gasteiger partial charge in [-0.2, -0.15) is 0 Å². The maximum Gasteiger partial charge on any atom is 0.322 e. The average Bonchev–Trinajstić information content (AvgIpc) is 2.97. The molecular weight excluding hydrogens is 362 g/mol. The summed E-state index contributed by atoms with van der Waals surface area (Å²) in [4.78, 5) is 26.5. The van der Waals surface area contributed by atoms with Gasteiger partial charge in [0.25, 0.3) is 0 Å². The average molecular weight is 382 g/mol. The quantitative estimate of drug-likeness (QED) is 0.777. The molecular formula is C17H20ClN3O3S. The molecule has 1 aromatic heterocycles. The van der Waals surface area contributed by atoms with Crippen LogP contribution >= 0.6 is 22.9 Å². The molecule has 0 saturated carbocycles. The summed E-state index contributed by atoms with van der Waals surface area (Å²) in [6.07, 6.45) is 0. The highest BCUT2D eigenvalue weighted by Crippen LogP contribution is 2.29. The molecule has 0 atom stereocenters. The standard InChI is InChI=1S/C17H20ClN3O3S/c1-4-21(10-13-6-8-16(18)25-13)17(23)20-14-9-12(19-11(2)22)5-7-15(14)24-3/h5-9H,4,10H2,1-3H3,(H,19,22)(H,20,23). The minimum Gasteiger partial charge on any atom is -0.495 e. The summed E-state index contributed by atoms with van der Waals surface area (Å²) in [6, 6.07) is 8.52. The zero-order valence-electron chi connectivity index (χ0n) is 14.3. The number of ether oxygens (including phenoxy) is 1. The van der Waals surface area contributed by atoms with Gasteiger partial charge in [0.15, 0.2) is 0 Å². The Hall–Kier alpha value is -2.25. The number of urea groups is 1. The van der Waals surface area contributed by atoms with E-state index in [1.54, 1.807) is 23.1 Å². The van der Waals surface area contributed by atoms with Gasteiger partial charge in [0.05, 0.1) is 23.7 Å². The third kappa shape index (κ3) is 5.37. The molecule has 0 aliphatic heterocycles. The number of rotatable bonds is 6. The number of carbonyl (C=O) groups is 2. The lowest BCUT2D eigenvalue weighted by Crippen LogP contribution is -2.34. The summed E-state index contributed by atoms with van der Waals surface area (Å²) in [6.45, 7) is 4.33. The minimum atomic E-state index is -0.259. The van der Waals surface area contributed by atoms with Crippen molar-refractivity contribution in [3.05, 3.63) is 39.5 Å². The number of hydrogen-bond donors (Lipinski definition) is 2. The van der Waals surface area contributed by atoms with Crippen LogP contribution in [0.2, 0.25) is 4.34 Å². The van der Waals surface area contributed by atoms with Crippen LogP contribution in [0.5, 0.6) is 5.75 Å². The molecule has 0 aliphatic rings. The number of anilines is 2. The maximum absolute atomic E-state index is 12.6. The molecule has 0 unspecified atom stereocenters. The number of halogens is 1. The zero-order chi connectivity index (χ0) is 18.4. The Kier molecular flexibility index (Phi) is 6.66. The molecule has 0 fully saturated rings. The van der Waals surface area contributed by atoms with E-state index < -0.39 is 0 Å². The fourth-order valence-electron chi connectivity index (χ4n) is 2.23. The van der Waals surface area contributed by atoms with E-state index in [1.165, 1.54) is 25.4 Å². The highest BCUT2D eigenvalue weighted by Gasteiger charge is 2.16. The Morgan fingerprint density at radius 1 is 1.24 bits per heavy atom. The first-order chi connectivity index (χ1) is 11.9. The molecule has 1 aromatic carbocycles. The number of hydrogen-bond acceptors (Lipinski definition) is 4. The van der Waals surface area contributed by atoms with E-state index in [0.29, 0.717) is 34.6 Å². The Bertz CT molecular complexity index is 763. The van der Waals surface area contributed by atoms with Gasteiger partial charge in [0.1, 0.15) is 5.75 Å². The lowest BCUT2D eigenvalue weighted by molar-refractivity contribution is -0.114. The van der Waals surface area contributed by atoms with Gasteiger partial charge in [-0.15, -0.1) is 11.3 Å². The SMILES string of the molecule is CCN(Cc1ccc(Cl)s1)C(=O)Nc1cc(NC(C)=O)ccc1OC. The van der Waals surface area contributed by atoms with Crippen LogP contribution in [0, 0.1) is 0 Å². The Labute approximate surface area is 155 Å². The number of carbonyl (C=O) groups excluding carboxylic acids is 2. The van der Waals surface area contributed by atoms with Gasteiger partial charge in [-0.3, -0.25) is 4.79 Å². The molecule has 1 heterocycles. The lowest BCUT2D eigenvalue weighted by Gasteiger charge is -2.21. The normalized spacial score (nSPS) is 10.2.